The number of carboxylic acids is 1. The van der Waals surface area contributed by atoms with Gasteiger partial charge in [-0.2, -0.15) is 0 Å². The molecule has 0 saturated carbocycles. The first-order valence-corrected chi connectivity index (χ1v) is 8.43. The minimum Gasteiger partial charge on any atom is -0.505 e. The highest BCUT2D eigenvalue weighted by Crippen LogP contribution is 2.38. The molecule has 1 heterocycles. The molecule has 5 nitrogen and oxygen atoms in total. The number of phenolic OH excluding ortho intramolecular Hbond substituents is 1. The van der Waals surface area contributed by atoms with Gasteiger partial charge in [-0.25, -0.2) is 13.2 Å². The number of hydrogen-bond acceptors (Lipinski definition) is 3. The molecule has 2 aromatic carbocycles. The van der Waals surface area contributed by atoms with Crippen LogP contribution in [0.15, 0.2) is 30.3 Å². The lowest BCUT2D eigenvalue weighted by Crippen LogP contribution is -2.16. The Morgan fingerprint density at radius 2 is 1.79 bits per heavy atom. The zero-order valence-corrected chi connectivity index (χ0v) is 15.0. The predicted octanol–water partition coefficient (Wildman–Crippen LogP) is 4.34. The van der Waals surface area contributed by atoms with Crippen molar-refractivity contribution in [2.45, 2.75) is 26.2 Å². The highest BCUT2D eigenvalue weighted by Gasteiger charge is 2.30. The Bertz CT molecular complexity index is 1120. The summed E-state index contributed by atoms with van der Waals surface area (Å²) in [5.41, 5.74) is 0.0253. The van der Waals surface area contributed by atoms with E-state index in [0.717, 1.165) is 22.8 Å². The van der Waals surface area contributed by atoms with E-state index in [4.69, 9.17) is 0 Å². The molecule has 0 fully saturated rings. The molecule has 2 N–H and O–H groups in total. The van der Waals surface area contributed by atoms with E-state index in [1.165, 1.54) is 13.0 Å². The third-order valence-electron chi connectivity index (χ3n) is 4.76. The van der Waals surface area contributed by atoms with Gasteiger partial charge >= 0.3 is 5.97 Å². The second-order valence-corrected chi connectivity index (χ2v) is 6.36. The number of fused-ring (bicyclic) bond motifs is 1. The fraction of sp³-hybridized carbons (Fsp3) is 0.200. The van der Waals surface area contributed by atoms with Crippen LogP contribution >= 0.6 is 0 Å². The molecule has 1 atom stereocenters. The molecule has 0 aliphatic carbocycles. The van der Waals surface area contributed by atoms with Crippen molar-refractivity contribution in [3.63, 3.8) is 0 Å². The minimum absolute atomic E-state index is 0.0252. The van der Waals surface area contributed by atoms with Gasteiger partial charge in [-0.1, -0.05) is 6.92 Å². The fourth-order valence-electron chi connectivity index (χ4n) is 3.43. The van der Waals surface area contributed by atoms with Crippen LogP contribution in [0.4, 0.5) is 13.2 Å². The number of nitrogens with zero attached hydrogens (tertiary/aromatic N) is 1. The lowest BCUT2D eigenvalue weighted by Gasteiger charge is -2.12. The first kappa shape index (κ1) is 19.5. The van der Waals surface area contributed by atoms with E-state index in [-0.39, 0.29) is 34.1 Å². The van der Waals surface area contributed by atoms with Gasteiger partial charge in [-0.3, -0.25) is 14.2 Å². The lowest BCUT2D eigenvalue weighted by molar-refractivity contribution is -0.138. The molecule has 146 valence electrons. The van der Waals surface area contributed by atoms with Crippen LogP contribution in [-0.4, -0.2) is 26.7 Å². The van der Waals surface area contributed by atoms with Gasteiger partial charge in [0.25, 0.3) is 5.91 Å². The quantitative estimate of drug-likeness (QED) is 0.694. The number of hydrogen-bond donors (Lipinski definition) is 2. The first-order chi connectivity index (χ1) is 13.2. The predicted molar refractivity (Wildman–Crippen MR) is 95.1 cm³/mol. The molecular weight excluding hydrogens is 375 g/mol. The molecule has 0 aliphatic heterocycles. The molecule has 0 aliphatic rings. The molecule has 3 rings (SSSR count). The van der Waals surface area contributed by atoms with Gasteiger partial charge in [-0.15, -0.1) is 0 Å². The van der Waals surface area contributed by atoms with E-state index >= 15 is 0 Å². The molecule has 0 spiro atoms. The summed E-state index contributed by atoms with van der Waals surface area (Å²) in [6, 6.07) is 4.90. The van der Waals surface area contributed by atoms with E-state index in [1.54, 1.807) is 6.92 Å². The standard InChI is InChI=1S/C20H16F3NO4/c1-3-11(20(27)28)16-9(2)24(14-6-7-15(25)18(23)17(14)16)19(26)10-4-5-12(21)13(22)8-10/h4-8,11,25H,3H2,1-2H3,(H,27,28)/t11-/m0/s1. The van der Waals surface area contributed by atoms with Gasteiger partial charge < -0.3 is 10.2 Å². The summed E-state index contributed by atoms with van der Waals surface area (Å²) in [5.74, 6) is -7.21. The van der Waals surface area contributed by atoms with Crippen molar-refractivity contribution in [2.75, 3.05) is 0 Å². The van der Waals surface area contributed by atoms with Gasteiger partial charge in [0.15, 0.2) is 23.2 Å². The molecule has 0 amide bonds. The van der Waals surface area contributed by atoms with E-state index in [1.807, 2.05) is 0 Å². The van der Waals surface area contributed by atoms with Crippen LogP contribution in [-0.2, 0) is 4.79 Å². The van der Waals surface area contributed by atoms with Crippen LogP contribution in [0.3, 0.4) is 0 Å². The van der Waals surface area contributed by atoms with Crippen LogP contribution in [0.25, 0.3) is 10.9 Å². The van der Waals surface area contributed by atoms with Crippen molar-refractivity contribution in [3.8, 4) is 5.75 Å². The summed E-state index contributed by atoms with van der Waals surface area (Å²) in [6.45, 7) is 3.04. The van der Waals surface area contributed by atoms with Crippen molar-refractivity contribution in [1.29, 1.82) is 0 Å². The molecule has 3 aromatic rings. The molecule has 0 bridgehead atoms. The van der Waals surface area contributed by atoms with Crippen molar-refractivity contribution in [3.05, 3.63) is 64.6 Å². The van der Waals surface area contributed by atoms with Crippen LogP contribution < -0.4 is 0 Å². The summed E-state index contributed by atoms with van der Waals surface area (Å²) < 4.78 is 42.5. The summed E-state index contributed by atoms with van der Waals surface area (Å²) in [4.78, 5) is 24.7. The van der Waals surface area contributed by atoms with E-state index in [0.29, 0.717) is 6.07 Å². The number of carboxylic acid groups (broad SMARTS) is 1. The SMILES string of the molecule is CC[C@H](C(=O)O)c1c(C)n(C(=O)c2ccc(F)c(F)c2)c2ccc(O)c(F)c12. The highest BCUT2D eigenvalue weighted by molar-refractivity contribution is 6.05. The Kier molecular flexibility index (Phi) is 4.89. The number of rotatable bonds is 4. The van der Waals surface area contributed by atoms with E-state index in [9.17, 15) is 33.0 Å². The zero-order valence-electron chi connectivity index (χ0n) is 15.0. The van der Waals surface area contributed by atoms with Gasteiger partial charge in [0.2, 0.25) is 0 Å². The third kappa shape index (κ3) is 2.90. The molecule has 0 saturated heterocycles. The zero-order chi connectivity index (χ0) is 20.7. The van der Waals surface area contributed by atoms with Crippen LogP contribution in [0.5, 0.6) is 5.75 Å². The average molecular weight is 391 g/mol. The van der Waals surface area contributed by atoms with Crippen molar-refractivity contribution >= 4 is 22.8 Å². The fourth-order valence-corrected chi connectivity index (χ4v) is 3.43. The van der Waals surface area contributed by atoms with Crippen LogP contribution in [0.2, 0.25) is 0 Å². The molecule has 28 heavy (non-hydrogen) atoms. The van der Waals surface area contributed by atoms with Crippen LogP contribution in [0.1, 0.15) is 40.9 Å². The number of carbonyl (C=O) groups is 2. The third-order valence-corrected chi connectivity index (χ3v) is 4.76. The Balaban J connectivity index is 2.36. The highest BCUT2D eigenvalue weighted by atomic mass is 19.2. The molecule has 0 unspecified atom stereocenters. The van der Waals surface area contributed by atoms with Crippen LogP contribution in [0, 0.1) is 24.4 Å². The Morgan fingerprint density at radius 1 is 1.11 bits per heavy atom. The Hall–Kier alpha value is -3.29. The normalized spacial score (nSPS) is 12.3. The molecule has 8 heteroatoms. The smallest absolute Gasteiger partial charge is 0.311 e. The number of carbonyl (C=O) groups excluding carboxylic acids is 1. The molecular formula is C20H16F3NO4. The number of aromatic nitrogens is 1. The number of halogens is 3. The Morgan fingerprint density at radius 3 is 2.36 bits per heavy atom. The van der Waals surface area contributed by atoms with Gasteiger partial charge in [0.05, 0.1) is 11.4 Å². The number of aliphatic carboxylic acids is 1. The first-order valence-electron chi connectivity index (χ1n) is 8.43. The maximum absolute atomic E-state index is 14.7. The Labute approximate surface area is 157 Å². The van der Waals surface area contributed by atoms with Gasteiger partial charge in [0.1, 0.15) is 0 Å². The minimum atomic E-state index is -1.22. The van der Waals surface area contributed by atoms with Gasteiger partial charge in [-0.05, 0) is 49.2 Å². The van der Waals surface area contributed by atoms with Crippen molar-refractivity contribution in [2.24, 2.45) is 0 Å². The largest absolute Gasteiger partial charge is 0.505 e. The maximum atomic E-state index is 14.7. The topological polar surface area (TPSA) is 79.5 Å². The van der Waals surface area contributed by atoms with Gasteiger partial charge in [0, 0.05) is 16.6 Å². The summed E-state index contributed by atoms with van der Waals surface area (Å²) in [6.07, 6.45) is 0.115. The molecule has 0 radical (unpaired) electrons. The average Bonchev–Trinajstić information content (AvgIpc) is 2.93. The van der Waals surface area contributed by atoms with E-state index < -0.39 is 41.0 Å². The summed E-state index contributed by atoms with van der Waals surface area (Å²) >= 11 is 0. The van der Waals surface area contributed by atoms with E-state index in [2.05, 4.69) is 0 Å². The second kappa shape index (κ2) is 7.03. The maximum Gasteiger partial charge on any atom is 0.311 e. The number of benzene rings is 2. The number of aromatic hydroxyl groups is 1. The second-order valence-electron chi connectivity index (χ2n) is 6.36. The lowest BCUT2D eigenvalue weighted by atomic mass is 9.93. The van der Waals surface area contributed by atoms with Crippen molar-refractivity contribution in [1.82, 2.24) is 4.57 Å². The summed E-state index contributed by atoms with van der Waals surface area (Å²) in [7, 11) is 0. The van der Waals surface area contributed by atoms with Crippen molar-refractivity contribution < 1.29 is 33.0 Å². The number of phenols is 1. The monoisotopic (exact) mass is 391 g/mol. The molecule has 1 aromatic heterocycles. The summed E-state index contributed by atoms with van der Waals surface area (Å²) in [5, 5.41) is 19.1.